The molecule has 2 aromatic heterocycles. The molecule has 1 saturated carbocycles. The second kappa shape index (κ2) is 6.61. The molecule has 1 fully saturated rings. The van der Waals surface area contributed by atoms with Gasteiger partial charge in [0.25, 0.3) is 0 Å². The summed E-state index contributed by atoms with van der Waals surface area (Å²) in [4.78, 5) is 13.0. The highest BCUT2D eigenvalue weighted by atomic mass is 19.1. The molecule has 3 aliphatic rings. The van der Waals surface area contributed by atoms with Crippen molar-refractivity contribution in [2.24, 2.45) is 5.41 Å². The predicted octanol–water partition coefficient (Wildman–Crippen LogP) is 4.98. The highest BCUT2D eigenvalue weighted by Gasteiger charge is 2.54. The lowest BCUT2D eigenvalue weighted by Crippen LogP contribution is -2.56. The summed E-state index contributed by atoms with van der Waals surface area (Å²) in [7, 11) is 2.09. The first-order valence-electron chi connectivity index (χ1n) is 10.8. The maximum atomic E-state index is 14.8. The van der Waals surface area contributed by atoms with E-state index in [1.807, 2.05) is 0 Å². The van der Waals surface area contributed by atoms with Crippen molar-refractivity contribution >= 4 is 11.5 Å². The number of H-pyrrole nitrogens is 1. The molecule has 2 aliphatic carbocycles. The van der Waals surface area contributed by atoms with E-state index in [0.29, 0.717) is 6.42 Å². The largest absolute Gasteiger partial charge is 0.365 e. The number of pyridine rings is 1. The van der Waals surface area contributed by atoms with Gasteiger partial charge in [0.05, 0.1) is 18.1 Å². The normalized spacial score (nSPS) is 31.1. The molecule has 5 rings (SSSR count). The third-order valence-corrected chi connectivity index (χ3v) is 7.58. The number of fused-ring (bicyclic) bond motifs is 2. The lowest BCUT2D eigenvalue weighted by atomic mass is 9.59. The van der Waals surface area contributed by atoms with Gasteiger partial charge >= 0.3 is 0 Å². The maximum Gasteiger partial charge on any atom is 0.153 e. The van der Waals surface area contributed by atoms with E-state index in [4.69, 9.17) is 4.98 Å². The number of allylic oxidation sites excluding steroid dienone is 2. The van der Waals surface area contributed by atoms with Gasteiger partial charge in [0.1, 0.15) is 5.67 Å². The Labute approximate surface area is 172 Å². The highest BCUT2D eigenvalue weighted by Crippen LogP contribution is 2.53. The summed E-state index contributed by atoms with van der Waals surface area (Å²) >= 11 is 0. The van der Waals surface area contributed by atoms with Crippen LogP contribution in [0.15, 0.2) is 36.5 Å². The number of anilines is 2. The minimum atomic E-state index is -1.07. The van der Waals surface area contributed by atoms with Gasteiger partial charge in [0.15, 0.2) is 5.82 Å². The minimum Gasteiger partial charge on any atom is -0.365 e. The molecule has 0 amide bonds. The number of hydrogen-bond acceptors (Lipinski definition) is 3. The Morgan fingerprint density at radius 1 is 1.24 bits per heavy atom. The van der Waals surface area contributed by atoms with E-state index in [1.165, 1.54) is 11.3 Å². The van der Waals surface area contributed by atoms with Crippen LogP contribution in [-0.2, 0) is 12.8 Å². The molecule has 0 bridgehead atoms. The van der Waals surface area contributed by atoms with Gasteiger partial charge in [-0.1, -0.05) is 19.1 Å². The Balaban J connectivity index is 1.41. The average Bonchev–Trinajstić information content (AvgIpc) is 3.24. The van der Waals surface area contributed by atoms with Gasteiger partial charge in [-0.25, -0.2) is 9.37 Å². The Hall–Kier alpha value is -2.30. The van der Waals surface area contributed by atoms with Gasteiger partial charge in [-0.2, -0.15) is 0 Å². The molecule has 0 radical (unpaired) electrons. The van der Waals surface area contributed by atoms with Crippen molar-refractivity contribution in [3.63, 3.8) is 0 Å². The number of nitrogens with one attached hydrogen (secondary N) is 1. The van der Waals surface area contributed by atoms with Crippen LogP contribution in [0.5, 0.6) is 0 Å². The molecule has 5 heteroatoms. The van der Waals surface area contributed by atoms with Crippen LogP contribution in [0.4, 0.5) is 15.9 Å². The van der Waals surface area contributed by atoms with Gasteiger partial charge in [-0.3, -0.25) is 0 Å². The second-order valence-electron chi connectivity index (χ2n) is 9.63. The van der Waals surface area contributed by atoms with E-state index in [1.54, 1.807) is 6.92 Å². The summed E-state index contributed by atoms with van der Waals surface area (Å²) in [5.74, 6) is 1.31. The molecule has 3 atom stereocenters. The lowest BCUT2D eigenvalue weighted by molar-refractivity contribution is -0.0731. The topological polar surface area (TPSA) is 35.2 Å². The Morgan fingerprint density at radius 2 is 2.10 bits per heavy atom. The fraction of sp³-hybridized carbons (Fsp3) is 0.542. The van der Waals surface area contributed by atoms with Gasteiger partial charge in [-0.15, -0.1) is 0 Å². The molecule has 4 nitrogen and oxygen atoms in total. The molecule has 0 saturated heterocycles. The first-order chi connectivity index (χ1) is 13.9. The molecule has 3 heterocycles. The molecule has 2 aromatic rings. The Bertz CT molecular complexity index is 946. The molecule has 0 spiro atoms. The molecule has 1 N–H and O–H groups in total. The van der Waals surface area contributed by atoms with Crippen molar-refractivity contribution in [3.05, 3.63) is 53.5 Å². The number of nitrogens with zero attached hydrogens (tertiary/aromatic N) is 3. The molecular weight excluding hydrogens is 363 g/mol. The molecule has 29 heavy (non-hydrogen) atoms. The maximum absolute atomic E-state index is 14.8. The standard InChI is InChI=1S/C24H31FN4/c1-23(11-12-24(23,2)25)15-29-16-28(3)22-21(29)9-8-20(27-22)17-6-4-5-7-19-18(14-17)10-13-26-19/h4,6,8-10,13,17,26H,5,7,11-12,14-16H2,1-3H3. The summed E-state index contributed by atoms with van der Waals surface area (Å²) in [5, 5.41) is 0. The number of alkyl halides is 1. The number of aromatic nitrogens is 2. The van der Waals surface area contributed by atoms with E-state index >= 15 is 0 Å². The number of hydrogen-bond donors (Lipinski definition) is 1. The van der Waals surface area contributed by atoms with Gasteiger partial charge in [0.2, 0.25) is 0 Å². The lowest BCUT2D eigenvalue weighted by Gasteiger charge is -2.52. The van der Waals surface area contributed by atoms with Crippen molar-refractivity contribution in [2.45, 2.75) is 57.5 Å². The monoisotopic (exact) mass is 394 g/mol. The van der Waals surface area contributed by atoms with E-state index in [0.717, 1.165) is 56.1 Å². The van der Waals surface area contributed by atoms with Crippen LogP contribution in [0.3, 0.4) is 0 Å². The summed E-state index contributed by atoms with van der Waals surface area (Å²) in [6.07, 6.45) is 11.4. The number of aryl methyl sites for hydroxylation is 1. The van der Waals surface area contributed by atoms with Crippen molar-refractivity contribution in [1.82, 2.24) is 9.97 Å². The predicted molar refractivity (Wildman–Crippen MR) is 116 cm³/mol. The fourth-order valence-corrected chi connectivity index (χ4v) is 5.14. The molecular formula is C24H31FN4. The summed E-state index contributed by atoms with van der Waals surface area (Å²) < 4.78 is 14.8. The van der Waals surface area contributed by atoms with E-state index < -0.39 is 5.67 Å². The quantitative estimate of drug-likeness (QED) is 0.746. The molecule has 154 valence electrons. The first-order valence-corrected chi connectivity index (χ1v) is 10.8. The van der Waals surface area contributed by atoms with Crippen LogP contribution < -0.4 is 9.80 Å². The summed E-state index contributed by atoms with van der Waals surface area (Å²) in [5.41, 5.74) is 3.66. The van der Waals surface area contributed by atoms with E-state index in [9.17, 15) is 4.39 Å². The number of halogens is 1. The van der Waals surface area contributed by atoms with Crippen LogP contribution in [0.25, 0.3) is 0 Å². The Morgan fingerprint density at radius 3 is 2.86 bits per heavy atom. The van der Waals surface area contributed by atoms with Crippen LogP contribution in [0, 0.1) is 5.41 Å². The smallest absolute Gasteiger partial charge is 0.153 e. The zero-order chi connectivity index (χ0) is 20.2. The van der Waals surface area contributed by atoms with Crippen molar-refractivity contribution in [2.75, 3.05) is 30.1 Å². The molecule has 3 unspecified atom stereocenters. The van der Waals surface area contributed by atoms with Crippen molar-refractivity contribution < 1.29 is 4.39 Å². The third kappa shape index (κ3) is 3.06. The van der Waals surface area contributed by atoms with Crippen molar-refractivity contribution in [1.29, 1.82) is 0 Å². The number of rotatable bonds is 3. The van der Waals surface area contributed by atoms with E-state index in [-0.39, 0.29) is 11.3 Å². The van der Waals surface area contributed by atoms with Gasteiger partial charge < -0.3 is 14.8 Å². The number of aromatic amines is 1. The average molecular weight is 395 g/mol. The summed E-state index contributed by atoms with van der Waals surface area (Å²) in [6, 6.07) is 6.57. The first kappa shape index (κ1) is 18.7. The van der Waals surface area contributed by atoms with Gasteiger partial charge in [0, 0.05) is 36.8 Å². The highest BCUT2D eigenvalue weighted by molar-refractivity contribution is 5.72. The van der Waals surface area contributed by atoms with Crippen LogP contribution in [0.1, 0.15) is 56.0 Å². The van der Waals surface area contributed by atoms with Crippen LogP contribution in [0.2, 0.25) is 0 Å². The van der Waals surface area contributed by atoms with E-state index in [2.05, 4.69) is 65.3 Å². The molecule has 0 aromatic carbocycles. The van der Waals surface area contributed by atoms with Crippen molar-refractivity contribution in [3.8, 4) is 0 Å². The summed E-state index contributed by atoms with van der Waals surface area (Å²) in [6.45, 7) is 5.37. The Kier molecular flexibility index (Phi) is 4.27. The van der Waals surface area contributed by atoms with Crippen LogP contribution in [-0.4, -0.2) is 35.9 Å². The van der Waals surface area contributed by atoms with Crippen LogP contribution >= 0.6 is 0 Å². The van der Waals surface area contributed by atoms with Gasteiger partial charge in [-0.05, 0) is 62.8 Å². The molecule has 1 aliphatic heterocycles. The zero-order valence-electron chi connectivity index (χ0n) is 17.7. The SMILES string of the molecule is CN1CN(CC2(C)CCC2(C)F)c2ccc(C3C=CCCc4[nH]ccc4C3)nc21. The fourth-order valence-electron chi connectivity index (χ4n) is 5.14. The third-order valence-electron chi connectivity index (χ3n) is 7.58. The minimum absolute atomic E-state index is 0.277. The zero-order valence-corrected chi connectivity index (χ0v) is 17.7. The second-order valence-corrected chi connectivity index (χ2v) is 9.63.